The fraction of sp³-hybridized carbons (Fsp3) is 0.571. The van der Waals surface area contributed by atoms with Gasteiger partial charge < -0.3 is 0 Å². The van der Waals surface area contributed by atoms with Crippen molar-refractivity contribution in [3.8, 4) is 0 Å². The average molecular weight is 188 g/mol. The number of benzene rings is 1. The first-order valence-corrected chi connectivity index (χ1v) is 6.01. The van der Waals surface area contributed by atoms with E-state index in [4.69, 9.17) is 0 Å². The molecule has 0 heteroatoms. The Morgan fingerprint density at radius 3 is 2.93 bits per heavy atom. The summed E-state index contributed by atoms with van der Waals surface area (Å²) < 4.78 is 0. The van der Waals surface area contributed by atoms with Gasteiger partial charge >= 0.3 is 0 Å². The molecule has 0 nitrogen and oxygen atoms in total. The van der Waals surface area contributed by atoms with Gasteiger partial charge in [-0.05, 0) is 48.8 Å². The van der Waals surface area contributed by atoms with Crippen molar-refractivity contribution in [2.45, 2.75) is 51.9 Å². The predicted molar refractivity (Wildman–Crippen MR) is 61.7 cm³/mol. The number of hydrogen-bond donors (Lipinski definition) is 0. The largest absolute Gasteiger partial charge is 0.0654 e. The molecule has 0 unspecified atom stereocenters. The van der Waals surface area contributed by atoms with Gasteiger partial charge in [0.1, 0.15) is 0 Å². The summed E-state index contributed by atoms with van der Waals surface area (Å²) in [4.78, 5) is 0. The van der Waals surface area contributed by atoms with E-state index in [1.54, 1.807) is 16.7 Å². The Balaban J connectivity index is 2.06. The fourth-order valence-electron chi connectivity index (χ4n) is 2.50. The second-order valence-corrected chi connectivity index (χ2v) is 4.37. The molecule has 1 aromatic rings. The van der Waals surface area contributed by atoms with Crippen molar-refractivity contribution in [1.29, 1.82) is 0 Å². The van der Waals surface area contributed by atoms with Gasteiger partial charge in [0.25, 0.3) is 0 Å². The van der Waals surface area contributed by atoms with Gasteiger partial charge in [0.05, 0.1) is 0 Å². The molecule has 1 aliphatic carbocycles. The number of aryl methyl sites for hydroxylation is 2. The van der Waals surface area contributed by atoms with E-state index in [2.05, 4.69) is 25.1 Å². The van der Waals surface area contributed by atoms with E-state index in [-0.39, 0.29) is 0 Å². The maximum absolute atomic E-state index is 2.33. The predicted octanol–water partition coefficient (Wildman–Crippen LogP) is 3.91. The molecule has 0 radical (unpaired) electrons. The van der Waals surface area contributed by atoms with Crippen LogP contribution in [0.25, 0.3) is 0 Å². The molecule has 0 bridgehead atoms. The number of unbranched alkanes of at least 4 members (excludes halogenated alkanes) is 2. The molecule has 0 atom stereocenters. The highest BCUT2D eigenvalue weighted by molar-refractivity contribution is 5.38. The molecule has 2 rings (SSSR count). The van der Waals surface area contributed by atoms with E-state index in [0.717, 1.165) is 0 Å². The molecule has 0 saturated heterocycles. The molecule has 0 amide bonds. The summed E-state index contributed by atoms with van der Waals surface area (Å²) in [5, 5.41) is 0. The summed E-state index contributed by atoms with van der Waals surface area (Å²) >= 11 is 0. The average Bonchev–Trinajstić information content (AvgIpc) is 2.67. The number of rotatable bonds is 4. The van der Waals surface area contributed by atoms with Crippen LogP contribution in [0, 0.1) is 0 Å². The Morgan fingerprint density at radius 1 is 1.14 bits per heavy atom. The number of hydrogen-bond acceptors (Lipinski definition) is 0. The van der Waals surface area contributed by atoms with Crippen molar-refractivity contribution in [2.75, 3.05) is 0 Å². The van der Waals surface area contributed by atoms with E-state index < -0.39 is 0 Å². The molecular formula is C14H20. The molecule has 1 aliphatic rings. The van der Waals surface area contributed by atoms with Gasteiger partial charge in [-0.3, -0.25) is 0 Å². The molecule has 1 aromatic carbocycles. The van der Waals surface area contributed by atoms with Gasteiger partial charge in [0.2, 0.25) is 0 Å². The van der Waals surface area contributed by atoms with E-state index >= 15 is 0 Å². The quantitative estimate of drug-likeness (QED) is 0.628. The highest BCUT2D eigenvalue weighted by Crippen LogP contribution is 2.26. The lowest BCUT2D eigenvalue weighted by Crippen LogP contribution is -1.93. The van der Waals surface area contributed by atoms with Crippen LogP contribution >= 0.6 is 0 Å². The molecule has 0 fully saturated rings. The summed E-state index contributed by atoms with van der Waals surface area (Å²) in [5.74, 6) is 0. The molecular weight excluding hydrogens is 168 g/mol. The van der Waals surface area contributed by atoms with E-state index in [9.17, 15) is 0 Å². The Morgan fingerprint density at radius 2 is 2.07 bits per heavy atom. The smallest absolute Gasteiger partial charge is 0.0270 e. The fourth-order valence-corrected chi connectivity index (χ4v) is 2.50. The maximum Gasteiger partial charge on any atom is -0.0270 e. The molecule has 0 heterocycles. The van der Waals surface area contributed by atoms with Gasteiger partial charge in [-0.2, -0.15) is 0 Å². The van der Waals surface area contributed by atoms with Crippen LogP contribution in [0.3, 0.4) is 0 Å². The van der Waals surface area contributed by atoms with Crippen molar-refractivity contribution in [3.05, 3.63) is 34.9 Å². The van der Waals surface area contributed by atoms with Crippen LogP contribution in [0.5, 0.6) is 0 Å². The first-order valence-electron chi connectivity index (χ1n) is 6.01. The van der Waals surface area contributed by atoms with E-state index in [1.807, 2.05) is 0 Å². The summed E-state index contributed by atoms with van der Waals surface area (Å²) in [7, 11) is 0. The first kappa shape index (κ1) is 9.76. The van der Waals surface area contributed by atoms with E-state index in [1.165, 1.54) is 44.9 Å². The second-order valence-electron chi connectivity index (χ2n) is 4.37. The Labute approximate surface area is 87.3 Å². The van der Waals surface area contributed by atoms with Crippen molar-refractivity contribution in [2.24, 2.45) is 0 Å². The monoisotopic (exact) mass is 188 g/mol. The minimum absolute atomic E-state index is 1.30. The third-order valence-electron chi connectivity index (χ3n) is 3.29. The van der Waals surface area contributed by atoms with Gasteiger partial charge in [0, 0.05) is 0 Å². The third-order valence-corrected chi connectivity index (χ3v) is 3.29. The van der Waals surface area contributed by atoms with Crippen LogP contribution in [0.2, 0.25) is 0 Å². The first-order chi connectivity index (χ1) is 6.92. The van der Waals surface area contributed by atoms with Crippen LogP contribution in [-0.4, -0.2) is 0 Å². The highest BCUT2D eigenvalue weighted by Gasteiger charge is 2.13. The third kappa shape index (κ3) is 2.00. The minimum atomic E-state index is 1.30. The van der Waals surface area contributed by atoms with Crippen LogP contribution in [0.4, 0.5) is 0 Å². The van der Waals surface area contributed by atoms with Crippen molar-refractivity contribution in [1.82, 2.24) is 0 Å². The van der Waals surface area contributed by atoms with Crippen LogP contribution in [0.15, 0.2) is 18.2 Å². The lowest BCUT2D eigenvalue weighted by molar-refractivity contribution is 0.713. The molecule has 0 aromatic heterocycles. The molecule has 14 heavy (non-hydrogen) atoms. The van der Waals surface area contributed by atoms with Gasteiger partial charge in [-0.1, -0.05) is 38.0 Å². The van der Waals surface area contributed by atoms with Gasteiger partial charge in [-0.25, -0.2) is 0 Å². The summed E-state index contributed by atoms with van der Waals surface area (Å²) in [6.45, 7) is 2.27. The lowest BCUT2D eigenvalue weighted by Gasteiger charge is -2.07. The Bertz CT molecular complexity index is 299. The summed E-state index contributed by atoms with van der Waals surface area (Å²) in [6, 6.07) is 6.89. The van der Waals surface area contributed by atoms with Gasteiger partial charge in [0.15, 0.2) is 0 Å². The van der Waals surface area contributed by atoms with Crippen molar-refractivity contribution in [3.63, 3.8) is 0 Å². The molecule has 0 spiro atoms. The summed E-state index contributed by atoms with van der Waals surface area (Å²) in [6.07, 6.45) is 9.40. The molecule has 0 saturated carbocycles. The zero-order valence-electron chi connectivity index (χ0n) is 9.18. The SMILES string of the molecule is CCCCCc1cccc2c1CCC2. The maximum atomic E-state index is 2.33. The normalized spacial score (nSPS) is 14.4. The molecule has 0 aliphatic heterocycles. The molecule has 0 N–H and O–H groups in total. The highest BCUT2D eigenvalue weighted by atomic mass is 14.2. The Hall–Kier alpha value is -0.780. The lowest BCUT2D eigenvalue weighted by atomic mass is 9.98. The van der Waals surface area contributed by atoms with Crippen molar-refractivity contribution >= 4 is 0 Å². The summed E-state index contributed by atoms with van der Waals surface area (Å²) in [5.41, 5.74) is 4.94. The standard InChI is InChI=1S/C14H20/c1-2-3-4-7-12-8-5-9-13-10-6-11-14(12)13/h5,8-9H,2-4,6-7,10-11H2,1H3. The van der Waals surface area contributed by atoms with E-state index in [0.29, 0.717) is 0 Å². The zero-order valence-corrected chi connectivity index (χ0v) is 9.18. The van der Waals surface area contributed by atoms with Crippen molar-refractivity contribution < 1.29 is 0 Å². The Kier molecular flexibility index (Phi) is 3.23. The van der Waals surface area contributed by atoms with Crippen LogP contribution in [0.1, 0.15) is 49.3 Å². The zero-order chi connectivity index (χ0) is 9.80. The number of fused-ring (bicyclic) bond motifs is 1. The topological polar surface area (TPSA) is 0 Å². The van der Waals surface area contributed by atoms with Gasteiger partial charge in [-0.15, -0.1) is 0 Å². The molecule has 76 valence electrons. The second kappa shape index (κ2) is 4.63. The van der Waals surface area contributed by atoms with Crippen LogP contribution in [-0.2, 0) is 19.3 Å². The van der Waals surface area contributed by atoms with Crippen LogP contribution < -0.4 is 0 Å². The minimum Gasteiger partial charge on any atom is -0.0654 e.